The highest BCUT2D eigenvalue weighted by atomic mass is 31.2. The molecule has 3 unspecified atom stereocenters. The average Bonchev–Trinajstić information content (AvgIpc) is 3.22. The van der Waals surface area contributed by atoms with Crippen LogP contribution in [-0.4, -0.2) is 104 Å². The van der Waals surface area contributed by atoms with Crippen molar-refractivity contribution >= 4 is 25.5 Å². The zero-order valence-corrected chi connectivity index (χ0v) is 37.1. The number of phosphoric ester groups is 1. The summed E-state index contributed by atoms with van der Waals surface area (Å²) >= 11 is 0. The number of ether oxygens (including phenoxy) is 2. The van der Waals surface area contributed by atoms with Gasteiger partial charge >= 0.3 is 19.8 Å². The first-order valence-electron chi connectivity index (χ1n) is 22.4. The number of allylic oxidation sites excluding steroid dienone is 8. The van der Waals surface area contributed by atoms with Gasteiger partial charge in [-0.25, -0.2) is 4.57 Å². The topological polar surface area (TPSA) is 227 Å². The SMILES string of the molecule is CCCCC/C=C\C/C=C\C/C=C\C=C\C(=O)CCCC(=O)OC[C@H](COP(=O)(O)OC1[C@H](O)[C@H](O)C(O)[C@H](O)[C@H]1O)OC(=O)CCCCCCCCCCCCCCC. The Labute approximate surface area is 358 Å². The van der Waals surface area contributed by atoms with Crippen molar-refractivity contribution in [3.63, 3.8) is 0 Å². The second-order valence-electron chi connectivity index (χ2n) is 15.6. The molecule has 0 aromatic carbocycles. The van der Waals surface area contributed by atoms with E-state index in [4.69, 9.17) is 18.5 Å². The summed E-state index contributed by atoms with van der Waals surface area (Å²) in [6.07, 6.45) is 23.1. The molecule has 15 heteroatoms. The van der Waals surface area contributed by atoms with Crippen LogP contribution in [0.3, 0.4) is 0 Å². The molecule has 8 atom stereocenters. The van der Waals surface area contributed by atoms with Crippen molar-refractivity contribution in [2.75, 3.05) is 13.2 Å². The zero-order valence-electron chi connectivity index (χ0n) is 36.2. The maximum atomic E-state index is 12.8. The Morgan fingerprint density at radius 1 is 0.567 bits per heavy atom. The number of hydrogen-bond acceptors (Lipinski definition) is 13. The Morgan fingerprint density at radius 2 is 1.07 bits per heavy atom. The van der Waals surface area contributed by atoms with E-state index < -0.39 is 75.7 Å². The molecular weight excluding hydrogens is 795 g/mol. The third-order valence-corrected chi connectivity index (χ3v) is 11.1. The van der Waals surface area contributed by atoms with E-state index in [1.165, 1.54) is 76.7 Å². The third kappa shape index (κ3) is 27.4. The summed E-state index contributed by atoms with van der Waals surface area (Å²) in [5.74, 6) is -1.53. The van der Waals surface area contributed by atoms with Gasteiger partial charge in [0, 0.05) is 19.3 Å². The summed E-state index contributed by atoms with van der Waals surface area (Å²) in [7, 11) is -5.17. The van der Waals surface area contributed by atoms with E-state index in [-0.39, 0.29) is 31.5 Å². The number of phosphoric acid groups is 1. The number of carbonyl (C=O) groups excluding carboxylic acids is 3. The summed E-state index contributed by atoms with van der Waals surface area (Å²) in [6, 6.07) is 0. The number of esters is 2. The van der Waals surface area contributed by atoms with Crippen molar-refractivity contribution in [3.8, 4) is 0 Å². The van der Waals surface area contributed by atoms with Crippen LogP contribution in [0.15, 0.2) is 48.6 Å². The van der Waals surface area contributed by atoms with Crippen molar-refractivity contribution in [1.82, 2.24) is 0 Å². The van der Waals surface area contributed by atoms with Gasteiger partial charge in [0.25, 0.3) is 0 Å². The number of aliphatic hydroxyl groups is 5. The molecule has 0 aromatic rings. The molecule has 14 nitrogen and oxygen atoms in total. The highest BCUT2D eigenvalue weighted by Crippen LogP contribution is 2.47. The first kappa shape index (κ1) is 55.5. The molecule has 0 amide bonds. The molecule has 346 valence electrons. The van der Waals surface area contributed by atoms with E-state index in [1.807, 2.05) is 6.08 Å². The first-order valence-corrected chi connectivity index (χ1v) is 23.9. The Hall–Kier alpha value is -2.52. The maximum Gasteiger partial charge on any atom is 0.472 e. The van der Waals surface area contributed by atoms with Gasteiger partial charge in [-0.3, -0.25) is 23.4 Å². The van der Waals surface area contributed by atoms with E-state index in [2.05, 4.69) is 38.2 Å². The number of unbranched alkanes of at least 4 members (excludes halogenated alkanes) is 15. The van der Waals surface area contributed by atoms with Crippen LogP contribution in [0, 0.1) is 0 Å². The van der Waals surface area contributed by atoms with Gasteiger partial charge in [0.15, 0.2) is 11.9 Å². The summed E-state index contributed by atoms with van der Waals surface area (Å²) in [6.45, 7) is 3.04. The van der Waals surface area contributed by atoms with Crippen LogP contribution in [0.5, 0.6) is 0 Å². The lowest BCUT2D eigenvalue weighted by Crippen LogP contribution is -2.64. The van der Waals surface area contributed by atoms with Crippen molar-refractivity contribution < 1.29 is 67.9 Å². The second kappa shape index (κ2) is 35.0. The van der Waals surface area contributed by atoms with Crippen LogP contribution < -0.4 is 0 Å². The molecule has 0 aromatic heterocycles. The quantitative estimate of drug-likeness (QED) is 0.00892. The monoisotopic (exact) mass is 873 g/mol. The fourth-order valence-electron chi connectivity index (χ4n) is 6.48. The molecule has 0 heterocycles. The van der Waals surface area contributed by atoms with E-state index in [0.29, 0.717) is 6.42 Å². The van der Waals surface area contributed by atoms with Crippen molar-refractivity contribution in [3.05, 3.63) is 48.6 Å². The molecule has 0 radical (unpaired) electrons. The molecule has 0 bridgehead atoms. The highest BCUT2D eigenvalue weighted by Gasteiger charge is 2.51. The summed E-state index contributed by atoms with van der Waals surface area (Å²) in [4.78, 5) is 47.9. The van der Waals surface area contributed by atoms with Crippen LogP contribution >= 0.6 is 7.82 Å². The van der Waals surface area contributed by atoms with Gasteiger partial charge < -0.3 is 39.9 Å². The van der Waals surface area contributed by atoms with Gasteiger partial charge in [-0.05, 0) is 44.6 Å². The second-order valence-corrected chi connectivity index (χ2v) is 17.0. The van der Waals surface area contributed by atoms with Gasteiger partial charge in [-0.2, -0.15) is 0 Å². The van der Waals surface area contributed by atoms with Gasteiger partial charge in [0.2, 0.25) is 0 Å². The molecule has 0 saturated heterocycles. The van der Waals surface area contributed by atoms with Crippen LogP contribution in [0.1, 0.15) is 162 Å². The smallest absolute Gasteiger partial charge is 0.462 e. The van der Waals surface area contributed by atoms with E-state index in [1.54, 1.807) is 12.2 Å². The fourth-order valence-corrected chi connectivity index (χ4v) is 7.45. The molecular formula is C45H77O14P. The first-order chi connectivity index (χ1) is 28.8. The standard InChI is InChI=1S/C45H77O14P/c1-3-5-7-9-11-13-15-17-19-21-23-25-27-30-36(46)31-29-33-38(47)56-34-37(35-57-60(54,55)59-45-43(52)41(50)40(49)42(51)44(45)53)58-39(48)32-28-26-24-22-20-18-16-14-12-10-8-6-4-2/h11,13,17,19,23,25,27,30,37,40-45,49-53H,3-10,12,14-16,18,20-22,24,26,28-29,31-35H2,1-2H3,(H,54,55)/b13-11-,19-17-,25-23-,30-27+/t37-,40?,41-,42+,43-,44-,45?/m1/s1. The molecule has 1 aliphatic carbocycles. The minimum absolute atomic E-state index is 0.0480. The van der Waals surface area contributed by atoms with Crippen molar-refractivity contribution in [2.45, 2.75) is 204 Å². The van der Waals surface area contributed by atoms with Crippen LogP contribution in [-0.2, 0) is 37.5 Å². The predicted octanol–water partition coefficient (Wildman–Crippen LogP) is 7.57. The van der Waals surface area contributed by atoms with Crippen LogP contribution in [0.4, 0.5) is 0 Å². The van der Waals surface area contributed by atoms with Gasteiger partial charge in [0.05, 0.1) is 6.61 Å². The van der Waals surface area contributed by atoms with Crippen molar-refractivity contribution in [2.24, 2.45) is 0 Å². The molecule has 60 heavy (non-hydrogen) atoms. The summed E-state index contributed by atoms with van der Waals surface area (Å²) < 4.78 is 33.3. The number of rotatable bonds is 36. The van der Waals surface area contributed by atoms with Crippen molar-refractivity contribution in [1.29, 1.82) is 0 Å². The molecule has 0 aliphatic heterocycles. The van der Waals surface area contributed by atoms with Gasteiger partial charge in [0.1, 0.15) is 43.2 Å². The minimum Gasteiger partial charge on any atom is -0.462 e. The third-order valence-electron chi connectivity index (χ3n) is 10.1. The molecule has 6 N–H and O–H groups in total. The molecule has 0 spiro atoms. The molecule has 1 aliphatic rings. The number of ketones is 1. The Kier molecular flexibility index (Phi) is 32.4. The van der Waals surface area contributed by atoms with Gasteiger partial charge in [-0.1, -0.05) is 146 Å². The average molecular weight is 873 g/mol. The maximum absolute atomic E-state index is 12.8. The largest absolute Gasteiger partial charge is 0.472 e. The Bertz CT molecular complexity index is 1300. The molecule has 1 rings (SSSR count). The molecule has 1 fully saturated rings. The minimum atomic E-state index is -5.17. The van der Waals surface area contributed by atoms with E-state index in [9.17, 15) is 49.4 Å². The summed E-state index contributed by atoms with van der Waals surface area (Å²) in [5, 5.41) is 50.1. The number of aliphatic hydroxyl groups excluding tert-OH is 5. The van der Waals surface area contributed by atoms with E-state index >= 15 is 0 Å². The number of carbonyl (C=O) groups is 3. The number of hydrogen-bond donors (Lipinski definition) is 6. The Balaban J connectivity index is 2.57. The fraction of sp³-hybridized carbons (Fsp3) is 0.756. The normalized spacial score (nSPS) is 22.5. The lowest BCUT2D eigenvalue weighted by molar-refractivity contribution is -0.220. The lowest BCUT2D eigenvalue weighted by atomic mass is 9.85. The Morgan fingerprint density at radius 3 is 1.67 bits per heavy atom. The van der Waals surface area contributed by atoms with Crippen LogP contribution in [0.2, 0.25) is 0 Å². The zero-order chi connectivity index (χ0) is 44.4. The van der Waals surface area contributed by atoms with Crippen LogP contribution in [0.25, 0.3) is 0 Å². The highest BCUT2D eigenvalue weighted by molar-refractivity contribution is 7.47. The lowest BCUT2D eigenvalue weighted by Gasteiger charge is -2.41. The predicted molar refractivity (Wildman–Crippen MR) is 231 cm³/mol. The van der Waals surface area contributed by atoms with E-state index in [0.717, 1.165) is 44.9 Å². The van der Waals surface area contributed by atoms with Gasteiger partial charge in [-0.15, -0.1) is 0 Å². The summed E-state index contributed by atoms with van der Waals surface area (Å²) in [5.41, 5.74) is 0. The molecule has 1 saturated carbocycles.